The lowest BCUT2D eigenvalue weighted by molar-refractivity contribution is -0.142. The van der Waals surface area contributed by atoms with Crippen LogP contribution in [-0.2, 0) is 22.6 Å². The van der Waals surface area contributed by atoms with Crippen LogP contribution in [0.15, 0.2) is 54.9 Å². The monoisotopic (exact) mass is 406 g/mol. The average Bonchev–Trinajstić information content (AvgIpc) is 2.80. The number of carbonyl (C=O) groups excluding carboxylic acids is 2. The highest BCUT2D eigenvalue weighted by atomic mass is 16.2. The SMILES string of the molecule is O=C(Cc1ccccc1)N1CCC[C@H](C(=O)N2CCN(Cc3ccncc3)CC2)C1. The summed E-state index contributed by atoms with van der Waals surface area (Å²) in [5.74, 6) is 0.280. The molecule has 0 radical (unpaired) electrons. The van der Waals surface area contributed by atoms with Gasteiger partial charge in [-0.3, -0.25) is 19.5 Å². The summed E-state index contributed by atoms with van der Waals surface area (Å²) in [7, 11) is 0. The summed E-state index contributed by atoms with van der Waals surface area (Å²) < 4.78 is 0. The zero-order valence-corrected chi connectivity index (χ0v) is 17.4. The Balaban J connectivity index is 1.27. The standard InChI is InChI=1S/C24H30N4O2/c29-23(17-20-5-2-1-3-6-20)28-12-4-7-22(19-28)24(30)27-15-13-26(14-16-27)18-21-8-10-25-11-9-21/h1-3,5-6,8-11,22H,4,7,12-19H2/t22-/m0/s1. The summed E-state index contributed by atoms with van der Waals surface area (Å²) >= 11 is 0. The maximum Gasteiger partial charge on any atom is 0.227 e. The van der Waals surface area contributed by atoms with Crippen molar-refractivity contribution in [3.8, 4) is 0 Å². The van der Waals surface area contributed by atoms with Crippen LogP contribution < -0.4 is 0 Å². The lowest BCUT2D eigenvalue weighted by Crippen LogP contribution is -2.52. The van der Waals surface area contributed by atoms with Gasteiger partial charge in [0.15, 0.2) is 0 Å². The number of carbonyl (C=O) groups is 2. The van der Waals surface area contributed by atoms with E-state index in [1.165, 1.54) is 5.56 Å². The van der Waals surface area contributed by atoms with Gasteiger partial charge in [-0.25, -0.2) is 0 Å². The van der Waals surface area contributed by atoms with Crippen LogP contribution in [0.2, 0.25) is 0 Å². The fourth-order valence-electron chi connectivity index (χ4n) is 4.42. The fraction of sp³-hybridized carbons (Fsp3) is 0.458. The predicted molar refractivity (Wildman–Crippen MR) is 116 cm³/mol. The average molecular weight is 407 g/mol. The highest BCUT2D eigenvalue weighted by Gasteiger charge is 2.32. The van der Waals surface area contributed by atoms with Crippen molar-refractivity contribution in [1.82, 2.24) is 19.7 Å². The number of likely N-dealkylation sites (tertiary alicyclic amines) is 1. The van der Waals surface area contributed by atoms with E-state index in [1.807, 2.05) is 64.7 Å². The Kier molecular flexibility index (Phi) is 6.74. The molecule has 2 aliphatic rings. The van der Waals surface area contributed by atoms with Gasteiger partial charge in [-0.1, -0.05) is 30.3 Å². The van der Waals surface area contributed by atoms with Gasteiger partial charge in [0.2, 0.25) is 11.8 Å². The minimum atomic E-state index is -0.0646. The van der Waals surface area contributed by atoms with E-state index in [0.717, 1.165) is 57.7 Å². The normalized spacial score (nSPS) is 20.2. The number of piperidine rings is 1. The van der Waals surface area contributed by atoms with Crippen LogP contribution in [0.1, 0.15) is 24.0 Å². The summed E-state index contributed by atoms with van der Waals surface area (Å²) in [5, 5.41) is 0. The third-order valence-electron chi connectivity index (χ3n) is 6.16. The highest BCUT2D eigenvalue weighted by Crippen LogP contribution is 2.21. The molecule has 1 aromatic heterocycles. The van der Waals surface area contributed by atoms with Crippen molar-refractivity contribution in [3.05, 3.63) is 66.0 Å². The quantitative estimate of drug-likeness (QED) is 0.764. The molecule has 2 amide bonds. The second kappa shape index (κ2) is 9.85. The Morgan fingerprint density at radius 3 is 2.33 bits per heavy atom. The number of hydrogen-bond acceptors (Lipinski definition) is 4. The molecular weight excluding hydrogens is 376 g/mol. The number of aromatic nitrogens is 1. The molecule has 2 aliphatic heterocycles. The van der Waals surface area contributed by atoms with Crippen molar-refractivity contribution in [2.24, 2.45) is 5.92 Å². The molecule has 0 spiro atoms. The predicted octanol–water partition coefficient (Wildman–Crippen LogP) is 2.21. The molecule has 0 N–H and O–H groups in total. The van der Waals surface area contributed by atoms with E-state index in [1.54, 1.807) is 0 Å². The number of nitrogens with zero attached hydrogens (tertiary/aromatic N) is 4. The van der Waals surface area contributed by atoms with E-state index >= 15 is 0 Å². The summed E-state index contributed by atoms with van der Waals surface area (Å²) in [4.78, 5) is 36.2. The Labute approximate surface area is 178 Å². The Morgan fingerprint density at radius 1 is 0.867 bits per heavy atom. The molecule has 30 heavy (non-hydrogen) atoms. The Bertz CT molecular complexity index is 835. The van der Waals surface area contributed by atoms with Crippen molar-refractivity contribution < 1.29 is 9.59 Å². The topological polar surface area (TPSA) is 56.8 Å². The van der Waals surface area contributed by atoms with Crippen LogP contribution in [0.3, 0.4) is 0 Å². The number of rotatable bonds is 5. The number of benzene rings is 1. The van der Waals surface area contributed by atoms with Gasteiger partial charge in [-0.15, -0.1) is 0 Å². The molecule has 6 heteroatoms. The van der Waals surface area contributed by atoms with Gasteiger partial charge in [0.1, 0.15) is 0 Å². The first-order valence-electron chi connectivity index (χ1n) is 10.9. The van der Waals surface area contributed by atoms with Gasteiger partial charge in [0.25, 0.3) is 0 Å². The van der Waals surface area contributed by atoms with Crippen molar-refractivity contribution in [2.45, 2.75) is 25.8 Å². The number of piperazine rings is 1. The van der Waals surface area contributed by atoms with E-state index in [0.29, 0.717) is 13.0 Å². The number of amides is 2. The smallest absolute Gasteiger partial charge is 0.227 e. The molecule has 0 unspecified atom stereocenters. The lowest BCUT2D eigenvalue weighted by atomic mass is 9.95. The first-order chi connectivity index (χ1) is 14.7. The second-order valence-electron chi connectivity index (χ2n) is 8.30. The van der Waals surface area contributed by atoms with Gasteiger partial charge in [0, 0.05) is 58.2 Å². The summed E-state index contributed by atoms with van der Waals surface area (Å²) in [6.45, 7) is 5.51. The molecule has 4 rings (SSSR count). The van der Waals surface area contributed by atoms with Crippen molar-refractivity contribution in [1.29, 1.82) is 0 Å². The van der Waals surface area contributed by atoms with E-state index < -0.39 is 0 Å². The minimum absolute atomic E-state index is 0.0646. The molecule has 0 saturated carbocycles. The van der Waals surface area contributed by atoms with Gasteiger partial charge in [-0.2, -0.15) is 0 Å². The summed E-state index contributed by atoms with van der Waals surface area (Å²) in [6, 6.07) is 13.9. The molecule has 3 heterocycles. The fourth-order valence-corrected chi connectivity index (χ4v) is 4.42. The third kappa shape index (κ3) is 5.25. The van der Waals surface area contributed by atoms with Crippen molar-refractivity contribution >= 4 is 11.8 Å². The lowest BCUT2D eigenvalue weighted by Gasteiger charge is -2.39. The molecule has 2 saturated heterocycles. The van der Waals surface area contributed by atoms with E-state index in [9.17, 15) is 9.59 Å². The maximum atomic E-state index is 13.1. The summed E-state index contributed by atoms with van der Waals surface area (Å²) in [6.07, 6.45) is 5.84. The molecular formula is C24H30N4O2. The highest BCUT2D eigenvalue weighted by molar-refractivity contribution is 5.82. The first-order valence-corrected chi connectivity index (χ1v) is 10.9. The molecule has 2 fully saturated rings. The van der Waals surface area contributed by atoms with Gasteiger partial charge in [-0.05, 0) is 36.1 Å². The molecule has 1 aromatic carbocycles. The maximum absolute atomic E-state index is 13.1. The number of hydrogen-bond donors (Lipinski definition) is 0. The third-order valence-corrected chi connectivity index (χ3v) is 6.16. The van der Waals surface area contributed by atoms with Crippen LogP contribution in [0.5, 0.6) is 0 Å². The Morgan fingerprint density at radius 2 is 1.60 bits per heavy atom. The van der Waals surface area contributed by atoms with Gasteiger partial charge in [0.05, 0.1) is 12.3 Å². The van der Waals surface area contributed by atoms with Crippen LogP contribution in [0.25, 0.3) is 0 Å². The minimum Gasteiger partial charge on any atom is -0.342 e. The van der Waals surface area contributed by atoms with Crippen LogP contribution >= 0.6 is 0 Å². The molecule has 1 atom stereocenters. The molecule has 0 aliphatic carbocycles. The zero-order chi connectivity index (χ0) is 20.8. The van der Waals surface area contributed by atoms with E-state index in [-0.39, 0.29) is 17.7 Å². The van der Waals surface area contributed by atoms with Crippen molar-refractivity contribution in [3.63, 3.8) is 0 Å². The molecule has 158 valence electrons. The summed E-state index contributed by atoms with van der Waals surface area (Å²) in [5.41, 5.74) is 2.28. The molecule has 0 bridgehead atoms. The van der Waals surface area contributed by atoms with Gasteiger partial charge < -0.3 is 9.80 Å². The van der Waals surface area contributed by atoms with Crippen LogP contribution in [0.4, 0.5) is 0 Å². The first kappa shape index (κ1) is 20.5. The Hall–Kier alpha value is -2.73. The zero-order valence-electron chi connectivity index (χ0n) is 17.4. The second-order valence-corrected chi connectivity index (χ2v) is 8.30. The largest absolute Gasteiger partial charge is 0.342 e. The van der Waals surface area contributed by atoms with Crippen LogP contribution in [-0.4, -0.2) is 70.8 Å². The van der Waals surface area contributed by atoms with Gasteiger partial charge >= 0.3 is 0 Å². The number of pyridine rings is 1. The van der Waals surface area contributed by atoms with Crippen LogP contribution in [0, 0.1) is 5.92 Å². The molecule has 6 nitrogen and oxygen atoms in total. The molecule has 2 aromatic rings. The van der Waals surface area contributed by atoms with E-state index in [4.69, 9.17) is 0 Å². The van der Waals surface area contributed by atoms with E-state index in [2.05, 4.69) is 9.88 Å². The van der Waals surface area contributed by atoms with Crippen molar-refractivity contribution in [2.75, 3.05) is 39.3 Å².